The summed E-state index contributed by atoms with van der Waals surface area (Å²) in [6.07, 6.45) is 1.85. The summed E-state index contributed by atoms with van der Waals surface area (Å²) in [7, 11) is 0.506. The first-order chi connectivity index (χ1) is 9.86. The predicted octanol–water partition coefficient (Wildman–Crippen LogP) is 1.17. The molecular formula is C15H25N3O2S. The maximum atomic E-state index is 13.0. The summed E-state index contributed by atoms with van der Waals surface area (Å²) in [5.41, 5.74) is 7.27. The number of nitrogens with zero attached hydrogens (tertiary/aromatic N) is 2. The largest absolute Gasteiger partial charge is 0.326 e. The number of rotatable bonds is 5. The molecule has 1 aliphatic rings. The Morgan fingerprint density at radius 2 is 2.10 bits per heavy atom. The summed E-state index contributed by atoms with van der Waals surface area (Å²) >= 11 is 0. The van der Waals surface area contributed by atoms with Crippen LogP contribution in [-0.4, -0.2) is 50.8 Å². The van der Waals surface area contributed by atoms with E-state index in [-0.39, 0.29) is 6.04 Å². The Labute approximate surface area is 127 Å². The molecule has 1 atom stereocenters. The second kappa shape index (κ2) is 6.44. The van der Waals surface area contributed by atoms with Gasteiger partial charge in [0.05, 0.1) is 4.90 Å². The first-order valence-corrected chi connectivity index (χ1v) is 8.76. The summed E-state index contributed by atoms with van der Waals surface area (Å²) in [5, 5.41) is 0. The minimum atomic E-state index is -3.45. The zero-order valence-corrected chi connectivity index (χ0v) is 13.9. The van der Waals surface area contributed by atoms with Crippen LogP contribution in [0, 0.1) is 6.92 Å². The number of benzene rings is 1. The van der Waals surface area contributed by atoms with Crippen LogP contribution >= 0.6 is 0 Å². The summed E-state index contributed by atoms with van der Waals surface area (Å²) in [6.45, 7) is 3.55. The van der Waals surface area contributed by atoms with Crippen molar-refractivity contribution in [3.05, 3.63) is 29.3 Å². The van der Waals surface area contributed by atoms with E-state index in [2.05, 4.69) is 0 Å². The predicted molar refractivity (Wildman–Crippen MR) is 84.5 cm³/mol. The molecule has 0 radical (unpaired) electrons. The van der Waals surface area contributed by atoms with Gasteiger partial charge in [0.1, 0.15) is 0 Å². The molecule has 6 heteroatoms. The van der Waals surface area contributed by atoms with E-state index in [0.29, 0.717) is 18.0 Å². The van der Waals surface area contributed by atoms with Crippen molar-refractivity contribution in [1.82, 2.24) is 9.21 Å². The third-order valence-corrected chi connectivity index (χ3v) is 6.07. The molecule has 2 N–H and O–H groups in total. The average molecular weight is 311 g/mol. The lowest BCUT2D eigenvalue weighted by Gasteiger charge is -2.27. The molecule has 118 valence electrons. The highest BCUT2D eigenvalue weighted by atomic mass is 32.2. The molecule has 0 aliphatic carbocycles. The molecule has 1 aliphatic heterocycles. The molecule has 1 unspecified atom stereocenters. The molecule has 1 heterocycles. The van der Waals surface area contributed by atoms with Crippen molar-refractivity contribution < 1.29 is 8.42 Å². The molecule has 0 spiro atoms. The SMILES string of the molecule is Cc1ccc(CN)cc1S(=O)(=O)N1CCCC1CN(C)C. The number of hydrogen-bond donors (Lipinski definition) is 1. The van der Waals surface area contributed by atoms with Crippen LogP contribution < -0.4 is 5.73 Å². The number of hydrogen-bond acceptors (Lipinski definition) is 4. The van der Waals surface area contributed by atoms with Crippen molar-refractivity contribution in [3.63, 3.8) is 0 Å². The highest BCUT2D eigenvalue weighted by molar-refractivity contribution is 7.89. The molecule has 0 aromatic heterocycles. The Morgan fingerprint density at radius 3 is 2.71 bits per heavy atom. The van der Waals surface area contributed by atoms with Crippen LogP contribution in [0.1, 0.15) is 24.0 Å². The van der Waals surface area contributed by atoms with Gasteiger partial charge in [0.25, 0.3) is 0 Å². The van der Waals surface area contributed by atoms with Gasteiger partial charge in [-0.15, -0.1) is 0 Å². The van der Waals surface area contributed by atoms with Gasteiger partial charge in [-0.2, -0.15) is 4.31 Å². The molecule has 2 rings (SSSR count). The molecule has 0 amide bonds. The van der Waals surface area contributed by atoms with Gasteiger partial charge < -0.3 is 10.6 Å². The Hall–Kier alpha value is -0.950. The van der Waals surface area contributed by atoms with Gasteiger partial charge in [-0.3, -0.25) is 0 Å². The second-order valence-corrected chi connectivity index (χ2v) is 7.84. The van der Waals surface area contributed by atoms with Gasteiger partial charge in [-0.25, -0.2) is 8.42 Å². The summed E-state index contributed by atoms with van der Waals surface area (Å²) in [5.74, 6) is 0. The maximum Gasteiger partial charge on any atom is 0.243 e. The summed E-state index contributed by atoms with van der Waals surface area (Å²) < 4.78 is 27.6. The molecule has 0 bridgehead atoms. The molecule has 1 aromatic rings. The zero-order chi connectivity index (χ0) is 15.6. The van der Waals surface area contributed by atoms with Gasteiger partial charge in [0.2, 0.25) is 10.0 Å². The van der Waals surface area contributed by atoms with Crippen molar-refractivity contribution >= 4 is 10.0 Å². The van der Waals surface area contributed by atoms with Crippen LogP contribution in [0.5, 0.6) is 0 Å². The lowest BCUT2D eigenvalue weighted by molar-refractivity contribution is 0.291. The molecule has 1 saturated heterocycles. The molecule has 0 saturated carbocycles. The first kappa shape index (κ1) is 16.4. The lowest BCUT2D eigenvalue weighted by Crippen LogP contribution is -2.41. The Morgan fingerprint density at radius 1 is 1.38 bits per heavy atom. The number of aryl methyl sites for hydroxylation is 1. The standard InChI is InChI=1S/C15H25N3O2S/c1-12-6-7-13(10-16)9-15(12)21(19,20)18-8-4-5-14(18)11-17(2)3/h6-7,9,14H,4-5,8,10-11,16H2,1-3H3. The number of sulfonamides is 1. The Bertz CT molecular complexity index is 599. The fraction of sp³-hybridized carbons (Fsp3) is 0.600. The van der Waals surface area contributed by atoms with Crippen molar-refractivity contribution in [2.45, 2.75) is 37.2 Å². The van der Waals surface area contributed by atoms with Gasteiger partial charge in [0.15, 0.2) is 0 Å². The van der Waals surface area contributed by atoms with E-state index in [1.165, 1.54) is 0 Å². The van der Waals surface area contributed by atoms with Crippen LogP contribution in [0.25, 0.3) is 0 Å². The van der Waals surface area contributed by atoms with Gasteiger partial charge in [-0.1, -0.05) is 12.1 Å². The molecule has 21 heavy (non-hydrogen) atoms. The van der Waals surface area contributed by atoms with Crippen molar-refractivity contribution in [3.8, 4) is 0 Å². The fourth-order valence-electron chi connectivity index (χ4n) is 2.91. The quantitative estimate of drug-likeness (QED) is 0.886. The van der Waals surface area contributed by atoms with Crippen molar-refractivity contribution in [2.24, 2.45) is 5.73 Å². The third kappa shape index (κ3) is 3.45. The number of nitrogens with two attached hydrogens (primary N) is 1. The van der Waals surface area contributed by atoms with E-state index >= 15 is 0 Å². The second-order valence-electron chi connectivity index (χ2n) is 5.98. The molecule has 1 aromatic carbocycles. The highest BCUT2D eigenvalue weighted by Gasteiger charge is 2.36. The van der Waals surface area contributed by atoms with E-state index in [4.69, 9.17) is 5.73 Å². The molecular weight excluding hydrogens is 286 g/mol. The number of likely N-dealkylation sites (N-methyl/N-ethyl adjacent to an activating group) is 1. The maximum absolute atomic E-state index is 13.0. The minimum absolute atomic E-state index is 0.0610. The van der Waals surface area contributed by atoms with E-state index in [1.807, 2.05) is 38.1 Å². The zero-order valence-electron chi connectivity index (χ0n) is 13.0. The summed E-state index contributed by atoms with van der Waals surface area (Å²) in [6, 6.07) is 5.50. The van der Waals surface area contributed by atoms with E-state index in [0.717, 1.165) is 30.5 Å². The van der Waals surface area contributed by atoms with Crippen LogP contribution in [0.15, 0.2) is 23.1 Å². The first-order valence-electron chi connectivity index (χ1n) is 7.32. The average Bonchev–Trinajstić information content (AvgIpc) is 2.87. The summed E-state index contributed by atoms with van der Waals surface area (Å²) in [4.78, 5) is 2.44. The highest BCUT2D eigenvalue weighted by Crippen LogP contribution is 2.28. The van der Waals surface area contributed by atoms with Crippen molar-refractivity contribution in [2.75, 3.05) is 27.2 Å². The van der Waals surface area contributed by atoms with Crippen LogP contribution in [0.4, 0.5) is 0 Å². The van der Waals surface area contributed by atoms with E-state index < -0.39 is 10.0 Å². The van der Waals surface area contributed by atoms with E-state index in [9.17, 15) is 8.42 Å². The van der Waals surface area contributed by atoms with Gasteiger partial charge in [0, 0.05) is 25.7 Å². The lowest BCUT2D eigenvalue weighted by atomic mass is 10.1. The van der Waals surface area contributed by atoms with Crippen molar-refractivity contribution in [1.29, 1.82) is 0 Å². The van der Waals surface area contributed by atoms with Crippen LogP contribution in [0.3, 0.4) is 0 Å². The van der Waals surface area contributed by atoms with Gasteiger partial charge >= 0.3 is 0 Å². The smallest absolute Gasteiger partial charge is 0.243 e. The molecule has 5 nitrogen and oxygen atoms in total. The fourth-order valence-corrected chi connectivity index (χ4v) is 4.87. The molecule has 1 fully saturated rings. The van der Waals surface area contributed by atoms with Crippen LogP contribution in [-0.2, 0) is 16.6 Å². The monoisotopic (exact) mass is 311 g/mol. The van der Waals surface area contributed by atoms with E-state index in [1.54, 1.807) is 10.4 Å². The van der Waals surface area contributed by atoms with Crippen LogP contribution in [0.2, 0.25) is 0 Å². The minimum Gasteiger partial charge on any atom is -0.326 e. The Balaban J connectivity index is 2.37. The van der Waals surface area contributed by atoms with Gasteiger partial charge in [-0.05, 0) is 51.1 Å². The third-order valence-electron chi connectivity index (χ3n) is 3.97. The topological polar surface area (TPSA) is 66.6 Å². The Kier molecular flexibility index (Phi) is 5.03. The normalized spacial score (nSPS) is 20.3.